The molecule has 0 saturated heterocycles. The Balaban J connectivity index is 2.16. The monoisotopic (exact) mass is 313 g/mol. The first kappa shape index (κ1) is 17.0. The van der Waals surface area contributed by atoms with Crippen molar-refractivity contribution >= 4 is 11.7 Å². The summed E-state index contributed by atoms with van der Waals surface area (Å²) in [5.74, 6) is 0. The molecule has 3 N–H and O–H groups in total. The molecule has 5 heteroatoms. The van der Waals surface area contributed by atoms with Crippen LogP contribution in [0.2, 0.25) is 0 Å². The molecule has 23 heavy (non-hydrogen) atoms. The lowest BCUT2D eigenvalue weighted by Gasteiger charge is -2.29. The van der Waals surface area contributed by atoms with Gasteiger partial charge in [-0.2, -0.15) is 0 Å². The SMILES string of the molecule is CC(C)(C)[C@@H](CO)NC(=O)Nc1ccccc1-c1ccncc1. The third-order valence-electron chi connectivity index (χ3n) is 3.70. The number of rotatable bonds is 4. The zero-order valence-corrected chi connectivity index (χ0v) is 13.7. The van der Waals surface area contributed by atoms with Gasteiger partial charge in [-0.3, -0.25) is 4.98 Å². The largest absolute Gasteiger partial charge is 0.394 e. The summed E-state index contributed by atoms with van der Waals surface area (Å²) in [6.07, 6.45) is 3.43. The summed E-state index contributed by atoms with van der Waals surface area (Å²) in [5, 5.41) is 15.1. The third-order valence-corrected chi connectivity index (χ3v) is 3.70. The Morgan fingerprint density at radius 3 is 2.43 bits per heavy atom. The van der Waals surface area contributed by atoms with E-state index >= 15 is 0 Å². The van der Waals surface area contributed by atoms with Gasteiger partial charge in [0.15, 0.2) is 0 Å². The number of aliphatic hydroxyl groups is 1. The number of pyridine rings is 1. The van der Waals surface area contributed by atoms with Gasteiger partial charge in [0.2, 0.25) is 0 Å². The molecular weight excluding hydrogens is 290 g/mol. The van der Waals surface area contributed by atoms with E-state index in [2.05, 4.69) is 15.6 Å². The number of anilines is 1. The first-order valence-corrected chi connectivity index (χ1v) is 7.59. The third kappa shape index (κ3) is 4.53. The van der Waals surface area contributed by atoms with Crippen LogP contribution in [0.5, 0.6) is 0 Å². The fourth-order valence-corrected chi connectivity index (χ4v) is 2.23. The topological polar surface area (TPSA) is 74.2 Å². The second-order valence-electron chi connectivity index (χ2n) is 6.48. The molecule has 5 nitrogen and oxygen atoms in total. The van der Waals surface area contributed by atoms with Crippen LogP contribution >= 0.6 is 0 Å². The zero-order valence-electron chi connectivity index (χ0n) is 13.7. The second-order valence-corrected chi connectivity index (χ2v) is 6.48. The van der Waals surface area contributed by atoms with E-state index in [1.807, 2.05) is 57.2 Å². The van der Waals surface area contributed by atoms with Crippen molar-refractivity contribution in [3.63, 3.8) is 0 Å². The smallest absolute Gasteiger partial charge is 0.319 e. The van der Waals surface area contributed by atoms with E-state index in [1.165, 1.54) is 0 Å². The predicted octanol–water partition coefficient (Wildman–Crippen LogP) is 3.28. The molecule has 0 spiro atoms. The summed E-state index contributed by atoms with van der Waals surface area (Å²) >= 11 is 0. The van der Waals surface area contributed by atoms with Gasteiger partial charge < -0.3 is 15.7 Å². The standard InChI is InChI=1S/C18H23N3O2/c1-18(2,3)16(12-22)21-17(23)20-15-7-5-4-6-14(15)13-8-10-19-11-9-13/h4-11,16,22H,12H2,1-3H3,(H2,20,21,23)/t16-/m1/s1. The zero-order chi connectivity index (χ0) is 16.9. The number of carbonyl (C=O) groups excluding carboxylic acids is 1. The number of carbonyl (C=O) groups is 1. The number of aromatic nitrogens is 1. The molecule has 0 unspecified atom stereocenters. The lowest BCUT2D eigenvalue weighted by Crippen LogP contribution is -2.47. The van der Waals surface area contributed by atoms with E-state index in [-0.39, 0.29) is 24.1 Å². The van der Waals surface area contributed by atoms with Crippen molar-refractivity contribution in [2.24, 2.45) is 5.41 Å². The molecule has 0 bridgehead atoms. The average molecular weight is 313 g/mol. The highest BCUT2D eigenvalue weighted by Crippen LogP contribution is 2.27. The minimum atomic E-state index is -0.333. The molecule has 1 atom stereocenters. The quantitative estimate of drug-likeness (QED) is 0.811. The molecule has 0 aliphatic rings. The Morgan fingerprint density at radius 1 is 1.17 bits per heavy atom. The van der Waals surface area contributed by atoms with Crippen LogP contribution in [0.3, 0.4) is 0 Å². The Bertz CT molecular complexity index is 651. The van der Waals surface area contributed by atoms with Crippen LogP contribution in [-0.4, -0.2) is 28.8 Å². The van der Waals surface area contributed by atoms with Crippen LogP contribution in [0.1, 0.15) is 20.8 Å². The molecule has 2 rings (SSSR count). The first-order valence-electron chi connectivity index (χ1n) is 7.59. The molecule has 0 fully saturated rings. The predicted molar refractivity (Wildman–Crippen MR) is 92.2 cm³/mol. The van der Waals surface area contributed by atoms with E-state index in [0.29, 0.717) is 5.69 Å². The van der Waals surface area contributed by atoms with Gasteiger partial charge in [-0.15, -0.1) is 0 Å². The molecule has 1 aromatic heterocycles. The lowest BCUT2D eigenvalue weighted by atomic mass is 9.87. The second kappa shape index (κ2) is 7.24. The van der Waals surface area contributed by atoms with Crippen molar-refractivity contribution in [3.8, 4) is 11.1 Å². The van der Waals surface area contributed by atoms with Gasteiger partial charge in [0, 0.05) is 18.0 Å². The van der Waals surface area contributed by atoms with Crippen molar-refractivity contribution in [1.29, 1.82) is 0 Å². The van der Waals surface area contributed by atoms with E-state index < -0.39 is 0 Å². The number of amides is 2. The maximum absolute atomic E-state index is 12.3. The van der Waals surface area contributed by atoms with Gasteiger partial charge in [-0.25, -0.2) is 4.79 Å². The van der Waals surface area contributed by atoms with Crippen LogP contribution in [0, 0.1) is 5.41 Å². The van der Waals surface area contributed by atoms with Crippen LogP contribution in [0.25, 0.3) is 11.1 Å². The molecule has 2 amide bonds. The van der Waals surface area contributed by atoms with Crippen molar-refractivity contribution in [1.82, 2.24) is 10.3 Å². The molecule has 0 aliphatic heterocycles. The highest BCUT2D eigenvalue weighted by atomic mass is 16.3. The maximum Gasteiger partial charge on any atom is 0.319 e. The summed E-state index contributed by atoms with van der Waals surface area (Å²) in [4.78, 5) is 16.3. The maximum atomic E-state index is 12.3. The van der Waals surface area contributed by atoms with Gasteiger partial charge in [0.25, 0.3) is 0 Å². The van der Waals surface area contributed by atoms with Crippen LogP contribution in [-0.2, 0) is 0 Å². The number of para-hydroxylation sites is 1. The van der Waals surface area contributed by atoms with E-state index in [0.717, 1.165) is 11.1 Å². The molecule has 0 aliphatic carbocycles. The number of benzene rings is 1. The molecule has 0 saturated carbocycles. The van der Waals surface area contributed by atoms with Crippen LogP contribution < -0.4 is 10.6 Å². The molecular formula is C18H23N3O2. The van der Waals surface area contributed by atoms with Crippen LogP contribution in [0.4, 0.5) is 10.5 Å². The van der Waals surface area contributed by atoms with Crippen molar-refractivity contribution in [2.75, 3.05) is 11.9 Å². The van der Waals surface area contributed by atoms with Crippen molar-refractivity contribution < 1.29 is 9.90 Å². The Kier molecular flexibility index (Phi) is 5.34. The summed E-state index contributed by atoms with van der Waals surface area (Å²) in [7, 11) is 0. The summed E-state index contributed by atoms with van der Waals surface area (Å²) in [6, 6.07) is 10.7. The van der Waals surface area contributed by atoms with Crippen molar-refractivity contribution in [3.05, 3.63) is 48.8 Å². The minimum Gasteiger partial charge on any atom is -0.394 e. The number of hydrogen-bond donors (Lipinski definition) is 3. The Morgan fingerprint density at radius 2 is 1.83 bits per heavy atom. The number of nitrogens with zero attached hydrogens (tertiary/aromatic N) is 1. The van der Waals surface area contributed by atoms with Gasteiger partial charge in [-0.1, -0.05) is 39.0 Å². The minimum absolute atomic E-state index is 0.108. The fraction of sp³-hybridized carbons (Fsp3) is 0.333. The number of hydrogen-bond acceptors (Lipinski definition) is 3. The van der Waals surface area contributed by atoms with Gasteiger partial charge in [-0.05, 0) is 29.2 Å². The lowest BCUT2D eigenvalue weighted by molar-refractivity contribution is 0.162. The number of nitrogens with one attached hydrogen (secondary N) is 2. The highest BCUT2D eigenvalue weighted by molar-refractivity contribution is 5.94. The molecule has 1 aromatic carbocycles. The van der Waals surface area contributed by atoms with Gasteiger partial charge in [0.05, 0.1) is 18.3 Å². The molecule has 122 valence electrons. The van der Waals surface area contributed by atoms with E-state index in [1.54, 1.807) is 12.4 Å². The molecule has 0 radical (unpaired) electrons. The number of urea groups is 1. The fourth-order valence-electron chi connectivity index (χ4n) is 2.23. The Labute approximate surface area is 136 Å². The Hall–Kier alpha value is -2.40. The van der Waals surface area contributed by atoms with E-state index in [9.17, 15) is 9.90 Å². The highest BCUT2D eigenvalue weighted by Gasteiger charge is 2.25. The van der Waals surface area contributed by atoms with Crippen molar-refractivity contribution in [2.45, 2.75) is 26.8 Å². The van der Waals surface area contributed by atoms with E-state index in [4.69, 9.17) is 0 Å². The average Bonchev–Trinajstić information content (AvgIpc) is 2.53. The van der Waals surface area contributed by atoms with Gasteiger partial charge in [0.1, 0.15) is 0 Å². The van der Waals surface area contributed by atoms with Gasteiger partial charge >= 0.3 is 6.03 Å². The summed E-state index contributed by atoms with van der Waals surface area (Å²) < 4.78 is 0. The normalized spacial score (nSPS) is 12.5. The molecule has 1 heterocycles. The van der Waals surface area contributed by atoms with Crippen LogP contribution in [0.15, 0.2) is 48.8 Å². The number of aliphatic hydroxyl groups excluding tert-OH is 1. The summed E-state index contributed by atoms with van der Waals surface area (Å²) in [5.41, 5.74) is 2.38. The summed E-state index contributed by atoms with van der Waals surface area (Å²) in [6.45, 7) is 5.81. The first-order chi connectivity index (χ1) is 10.9. The molecule has 2 aromatic rings.